The molecular formula is C32H46N4O5. The van der Waals surface area contributed by atoms with E-state index in [9.17, 15) is 14.4 Å². The maximum Gasteiger partial charge on any atom is 0.416 e. The fraction of sp³-hybridized carbons (Fsp3) is 0.625. The Morgan fingerprint density at radius 2 is 1.98 bits per heavy atom. The first-order valence-corrected chi connectivity index (χ1v) is 15.0. The molecule has 0 saturated carbocycles. The molecule has 9 heteroatoms. The molecule has 3 heterocycles. The number of carbonyl (C=O) groups is 3. The number of hydrogen-bond donors (Lipinski definition) is 1. The molecule has 4 rings (SSSR count). The molecule has 9 nitrogen and oxygen atoms in total. The van der Waals surface area contributed by atoms with Crippen molar-refractivity contribution in [2.45, 2.75) is 71.3 Å². The van der Waals surface area contributed by atoms with E-state index in [-0.39, 0.29) is 42.3 Å². The quantitative estimate of drug-likeness (QED) is 0.441. The minimum absolute atomic E-state index is 0.0116. The average Bonchev–Trinajstić information content (AvgIpc) is 2.96. The van der Waals surface area contributed by atoms with Crippen LogP contribution in [0.15, 0.2) is 36.4 Å². The summed E-state index contributed by atoms with van der Waals surface area (Å²) in [6.45, 7) is 9.09. The lowest BCUT2D eigenvalue weighted by Crippen LogP contribution is -2.45. The number of fused-ring (bicyclic) bond motifs is 1. The van der Waals surface area contributed by atoms with E-state index < -0.39 is 5.60 Å². The summed E-state index contributed by atoms with van der Waals surface area (Å²) in [7, 11) is 1.40. The van der Waals surface area contributed by atoms with E-state index in [1.165, 1.54) is 7.11 Å². The third-order valence-electron chi connectivity index (χ3n) is 8.03. The minimum Gasteiger partial charge on any atom is -0.469 e. The maximum atomic E-state index is 13.1. The van der Waals surface area contributed by atoms with Crippen molar-refractivity contribution >= 4 is 23.8 Å². The number of likely N-dealkylation sites (tertiary alicyclic amines) is 1. The van der Waals surface area contributed by atoms with E-state index in [0.29, 0.717) is 13.1 Å². The van der Waals surface area contributed by atoms with Gasteiger partial charge in [0.2, 0.25) is 5.91 Å². The van der Waals surface area contributed by atoms with Crippen molar-refractivity contribution in [2.75, 3.05) is 44.7 Å². The number of amides is 2. The predicted molar refractivity (Wildman–Crippen MR) is 159 cm³/mol. The molecule has 1 N–H and O–H groups in total. The highest BCUT2D eigenvalue weighted by Gasteiger charge is 2.31. The number of anilines is 1. The van der Waals surface area contributed by atoms with Gasteiger partial charge in [0.15, 0.2) is 0 Å². The monoisotopic (exact) mass is 566 g/mol. The number of nitrogens with zero attached hydrogens (tertiary/aromatic N) is 3. The van der Waals surface area contributed by atoms with Gasteiger partial charge in [-0.1, -0.05) is 30.4 Å². The van der Waals surface area contributed by atoms with Gasteiger partial charge >= 0.3 is 12.1 Å². The molecule has 1 aromatic rings. The second kappa shape index (κ2) is 14.1. The molecule has 1 unspecified atom stereocenters. The SMILES string of the molecule is COC(=O)[C@H](CNC(=O)[C@@H]1CCCN(CCCc2ccc3c(n2)N(C(=O)OC(C)(C)C)CCC3)C1)C1C=CC=CC1. The smallest absolute Gasteiger partial charge is 0.416 e. The minimum atomic E-state index is -0.553. The van der Waals surface area contributed by atoms with Gasteiger partial charge in [-0.3, -0.25) is 14.5 Å². The van der Waals surface area contributed by atoms with E-state index in [0.717, 1.165) is 75.1 Å². The lowest BCUT2D eigenvalue weighted by Gasteiger charge is -2.32. The molecule has 1 aromatic heterocycles. The van der Waals surface area contributed by atoms with Gasteiger partial charge in [0.25, 0.3) is 0 Å². The number of aryl methyl sites for hydroxylation is 2. The molecule has 224 valence electrons. The molecule has 1 fully saturated rings. The zero-order valence-electron chi connectivity index (χ0n) is 25.1. The van der Waals surface area contributed by atoms with Gasteiger partial charge in [-0.25, -0.2) is 9.78 Å². The number of hydrogen-bond acceptors (Lipinski definition) is 7. The third-order valence-corrected chi connectivity index (χ3v) is 8.03. The van der Waals surface area contributed by atoms with Gasteiger partial charge in [-0.2, -0.15) is 0 Å². The first kappa shape index (κ1) is 30.8. The van der Waals surface area contributed by atoms with E-state index in [2.05, 4.69) is 22.3 Å². The molecule has 0 aromatic carbocycles. The number of ether oxygens (including phenoxy) is 2. The van der Waals surface area contributed by atoms with Crippen molar-refractivity contribution in [3.63, 3.8) is 0 Å². The largest absolute Gasteiger partial charge is 0.469 e. The second-order valence-corrected chi connectivity index (χ2v) is 12.4. The highest BCUT2D eigenvalue weighted by molar-refractivity contribution is 5.88. The van der Waals surface area contributed by atoms with Crippen LogP contribution < -0.4 is 10.2 Å². The number of aromatic nitrogens is 1. The number of allylic oxidation sites excluding steroid dienone is 4. The van der Waals surface area contributed by atoms with Crippen LogP contribution in [0.2, 0.25) is 0 Å². The van der Waals surface area contributed by atoms with Crippen molar-refractivity contribution in [1.82, 2.24) is 15.2 Å². The Bertz CT molecular complexity index is 1140. The van der Waals surface area contributed by atoms with Crippen LogP contribution in [-0.4, -0.2) is 73.3 Å². The Labute approximate surface area is 244 Å². The van der Waals surface area contributed by atoms with Crippen LogP contribution in [0.3, 0.4) is 0 Å². The van der Waals surface area contributed by atoms with Crippen LogP contribution in [0.1, 0.15) is 64.1 Å². The van der Waals surface area contributed by atoms with E-state index in [4.69, 9.17) is 14.5 Å². The number of nitrogens with one attached hydrogen (secondary N) is 1. The first-order chi connectivity index (χ1) is 19.6. The van der Waals surface area contributed by atoms with E-state index >= 15 is 0 Å². The number of piperidine rings is 1. The molecular weight excluding hydrogens is 520 g/mol. The molecule has 3 atom stereocenters. The summed E-state index contributed by atoms with van der Waals surface area (Å²) in [5.41, 5.74) is 1.50. The van der Waals surface area contributed by atoms with Gasteiger partial charge in [0, 0.05) is 25.3 Å². The molecule has 1 saturated heterocycles. The molecule has 2 amide bonds. The van der Waals surface area contributed by atoms with Crippen LogP contribution in [0.4, 0.5) is 10.6 Å². The summed E-state index contributed by atoms with van der Waals surface area (Å²) in [5, 5.41) is 3.05. The summed E-state index contributed by atoms with van der Waals surface area (Å²) in [5.74, 6) is 0.00285. The van der Waals surface area contributed by atoms with Crippen molar-refractivity contribution in [3.8, 4) is 0 Å². The number of rotatable bonds is 9. The number of pyridine rings is 1. The molecule has 0 radical (unpaired) electrons. The highest BCUT2D eigenvalue weighted by atomic mass is 16.6. The van der Waals surface area contributed by atoms with E-state index in [1.54, 1.807) is 4.90 Å². The summed E-state index contributed by atoms with van der Waals surface area (Å²) >= 11 is 0. The molecule has 0 spiro atoms. The number of esters is 1. The second-order valence-electron chi connectivity index (χ2n) is 12.4. The van der Waals surface area contributed by atoms with Crippen molar-refractivity contribution in [3.05, 3.63) is 47.7 Å². The van der Waals surface area contributed by atoms with E-state index in [1.807, 2.05) is 45.1 Å². The Morgan fingerprint density at radius 1 is 1.15 bits per heavy atom. The number of carbonyl (C=O) groups excluding carboxylic acids is 3. The molecule has 0 bridgehead atoms. The summed E-state index contributed by atoms with van der Waals surface area (Å²) in [6.07, 6.45) is 13.7. The van der Waals surface area contributed by atoms with Gasteiger partial charge in [0.05, 0.1) is 18.9 Å². The zero-order chi connectivity index (χ0) is 29.4. The summed E-state index contributed by atoms with van der Waals surface area (Å²) in [4.78, 5) is 47.2. The molecule has 41 heavy (non-hydrogen) atoms. The normalized spacial score (nSPS) is 21.6. The van der Waals surface area contributed by atoms with Gasteiger partial charge in [-0.15, -0.1) is 0 Å². The van der Waals surface area contributed by atoms with Crippen molar-refractivity contribution in [2.24, 2.45) is 17.8 Å². The lowest BCUT2D eigenvalue weighted by atomic mass is 9.86. The zero-order valence-corrected chi connectivity index (χ0v) is 25.1. The third kappa shape index (κ3) is 8.64. The van der Waals surface area contributed by atoms with Crippen LogP contribution in [0, 0.1) is 17.8 Å². The van der Waals surface area contributed by atoms with Crippen LogP contribution in [0.25, 0.3) is 0 Å². The highest BCUT2D eigenvalue weighted by Crippen LogP contribution is 2.28. The van der Waals surface area contributed by atoms with Crippen LogP contribution in [-0.2, 0) is 31.9 Å². The Balaban J connectivity index is 1.27. The molecule has 3 aliphatic rings. The van der Waals surface area contributed by atoms with Crippen LogP contribution >= 0.6 is 0 Å². The predicted octanol–water partition coefficient (Wildman–Crippen LogP) is 4.45. The van der Waals surface area contributed by atoms with Gasteiger partial charge in [0.1, 0.15) is 11.4 Å². The Hall–Kier alpha value is -3.20. The average molecular weight is 567 g/mol. The summed E-state index contributed by atoms with van der Waals surface area (Å²) < 4.78 is 10.6. The topological polar surface area (TPSA) is 101 Å². The van der Waals surface area contributed by atoms with Gasteiger partial charge < -0.3 is 19.7 Å². The van der Waals surface area contributed by atoms with Crippen molar-refractivity contribution in [1.29, 1.82) is 0 Å². The molecule has 2 aliphatic heterocycles. The lowest BCUT2D eigenvalue weighted by molar-refractivity contribution is -0.146. The molecule has 1 aliphatic carbocycles. The van der Waals surface area contributed by atoms with Crippen molar-refractivity contribution < 1.29 is 23.9 Å². The summed E-state index contributed by atoms with van der Waals surface area (Å²) in [6, 6.07) is 4.16. The van der Waals surface area contributed by atoms with Gasteiger partial charge in [-0.05, 0) is 96.4 Å². The fourth-order valence-electron chi connectivity index (χ4n) is 5.88. The van der Waals surface area contributed by atoms with Crippen LogP contribution in [0.5, 0.6) is 0 Å². The standard InChI is InChI=1S/C32H46N4O5/c1-32(2,3)41-31(39)36-20-9-13-24-16-17-26(34-28(24)36)15-10-19-35-18-8-14-25(22-35)29(37)33-21-27(30(38)40-4)23-11-6-5-7-12-23/h5-7,11,16-17,23,25,27H,8-10,12-15,18-22H2,1-4H3,(H,33,37)/t23?,25-,27-/m1/s1. The Morgan fingerprint density at radius 3 is 2.71 bits per heavy atom. The maximum absolute atomic E-state index is 13.1. The fourth-order valence-corrected chi connectivity index (χ4v) is 5.88. The first-order valence-electron chi connectivity index (χ1n) is 15.0. The Kier molecular flexibility index (Phi) is 10.6. The number of methoxy groups -OCH3 is 1.